The monoisotopic (exact) mass is 321 g/mol. The van der Waals surface area contributed by atoms with Crippen LogP contribution in [0.4, 0.5) is 4.79 Å². The van der Waals surface area contributed by atoms with Gasteiger partial charge in [-0.25, -0.2) is 9.78 Å². The third-order valence-electron chi connectivity index (χ3n) is 4.42. The van der Waals surface area contributed by atoms with E-state index in [2.05, 4.69) is 9.97 Å². The van der Waals surface area contributed by atoms with E-state index in [1.165, 1.54) is 0 Å². The summed E-state index contributed by atoms with van der Waals surface area (Å²) in [7, 11) is 0. The maximum absolute atomic E-state index is 12.4. The number of amides is 1. The fourth-order valence-corrected chi connectivity index (χ4v) is 3.19. The lowest BCUT2D eigenvalue weighted by Gasteiger charge is -2.30. The number of para-hydroxylation sites is 3. The minimum atomic E-state index is -0.290. The summed E-state index contributed by atoms with van der Waals surface area (Å²) in [5.41, 5.74) is 2.01. The van der Waals surface area contributed by atoms with Crippen LogP contribution in [0.5, 0.6) is 5.75 Å². The van der Waals surface area contributed by atoms with Crippen LogP contribution in [0.15, 0.2) is 54.6 Å². The predicted molar refractivity (Wildman–Crippen MR) is 92.1 cm³/mol. The van der Waals surface area contributed by atoms with Crippen LogP contribution in [-0.2, 0) is 0 Å². The van der Waals surface area contributed by atoms with Gasteiger partial charge >= 0.3 is 6.09 Å². The van der Waals surface area contributed by atoms with Crippen molar-refractivity contribution >= 4 is 17.1 Å². The number of carbonyl (C=O) groups excluding carboxylic acids is 1. The van der Waals surface area contributed by atoms with Crippen molar-refractivity contribution in [1.82, 2.24) is 14.9 Å². The number of hydrogen-bond donors (Lipinski definition) is 1. The summed E-state index contributed by atoms with van der Waals surface area (Å²) >= 11 is 0. The molecule has 2 aromatic carbocycles. The molecular formula is C19H19N3O2. The number of aromatic amines is 1. The van der Waals surface area contributed by atoms with E-state index in [1.54, 1.807) is 17.0 Å². The zero-order valence-corrected chi connectivity index (χ0v) is 13.3. The van der Waals surface area contributed by atoms with Gasteiger partial charge in [-0.05, 0) is 37.1 Å². The van der Waals surface area contributed by atoms with E-state index in [0.717, 1.165) is 36.2 Å². The summed E-state index contributed by atoms with van der Waals surface area (Å²) in [4.78, 5) is 22.2. The van der Waals surface area contributed by atoms with E-state index in [1.807, 2.05) is 42.5 Å². The third-order valence-corrected chi connectivity index (χ3v) is 4.42. The topological polar surface area (TPSA) is 58.2 Å². The standard InChI is InChI=1S/C19H19N3O2/c23-19(24-15-8-2-1-3-9-15)22-12-6-7-14(13-22)18-20-16-10-4-5-11-17(16)21-18/h1-5,8-11,14H,6-7,12-13H2,(H,20,21). The van der Waals surface area contributed by atoms with Gasteiger partial charge in [-0.2, -0.15) is 0 Å². The van der Waals surface area contributed by atoms with Gasteiger partial charge in [0.25, 0.3) is 0 Å². The third kappa shape index (κ3) is 2.97. The van der Waals surface area contributed by atoms with Gasteiger partial charge < -0.3 is 14.6 Å². The molecule has 1 aromatic heterocycles. The number of imidazole rings is 1. The summed E-state index contributed by atoms with van der Waals surface area (Å²) < 4.78 is 5.45. The number of likely N-dealkylation sites (tertiary alicyclic amines) is 1. The second-order valence-electron chi connectivity index (χ2n) is 6.11. The highest BCUT2D eigenvalue weighted by Crippen LogP contribution is 2.27. The fraction of sp³-hybridized carbons (Fsp3) is 0.263. The normalized spacial score (nSPS) is 17.8. The fourth-order valence-electron chi connectivity index (χ4n) is 3.19. The summed E-state index contributed by atoms with van der Waals surface area (Å²) in [6.07, 6.45) is 1.68. The van der Waals surface area contributed by atoms with Crippen LogP contribution in [0.3, 0.4) is 0 Å². The minimum absolute atomic E-state index is 0.217. The van der Waals surface area contributed by atoms with Crippen molar-refractivity contribution in [2.75, 3.05) is 13.1 Å². The van der Waals surface area contributed by atoms with Crippen LogP contribution in [0, 0.1) is 0 Å². The molecule has 1 saturated heterocycles. The molecular weight excluding hydrogens is 302 g/mol. The molecule has 0 aliphatic carbocycles. The maximum Gasteiger partial charge on any atom is 0.415 e. The average molecular weight is 321 g/mol. The molecule has 1 unspecified atom stereocenters. The van der Waals surface area contributed by atoms with Gasteiger partial charge in [0.15, 0.2) is 0 Å². The van der Waals surface area contributed by atoms with Gasteiger partial charge in [0.1, 0.15) is 11.6 Å². The van der Waals surface area contributed by atoms with Gasteiger partial charge in [0, 0.05) is 19.0 Å². The van der Waals surface area contributed by atoms with Gasteiger partial charge in [0.05, 0.1) is 11.0 Å². The Bertz CT molecular complexity index is 811. The van der Waals surface area contributed by atoms with Crippen molar-refractivity contribution in [3.8, 4) is 5.75 Å². The molecule has 5 heteroatoms. The average Bonchev–Trinajstić information content (AvgIpc) is 3.07. The van der Waals surface area contributed by atoms with E-state index >= 15 is 0 Å². The number of benzene rings is 2. The number of piperidine rings is 1. The molecule has 0 spiro atoms. The Morgan fingerprint density at radius 2 is 1.92 bits per heavy atom. The smallest absolute Gasteiger partial charge is 0.410 e. The van der Waals surface area contributed by atoms with Gasteiger partial charge in [-0.3, -0.25) is 0 Å². The molecule has 1 N–H and O–H groups in total. The second kappa shape index (κ2) is 6.35. The number of H-pyrrole nitrogens is 1. The molecule has 24 heavy (non-hydrogen) atoms. The molecule has 0 radical (unpaired) electrons. The molecule has 5 nitrogen and oxygen atoms in total. The highest BCUT2D eigenvalue weighted by atomic mass is 16.6. The Kier molecular flexibility index (Phi) is 3.91. The van der Waals surface area contributed by atoms with Crippen LogP contribution in [0.25, 0.3) is 11.0 Å². The summed E-state index contributed by atoms with van der Waals surface area (Å²) in [5, 5.41) is 0. The number of aromatic nitrogens is 2. The molecule has 1 aliphatic heterocycles. The van der Waals surface area contributed by atoms with Crippen molar-refractivity contribution in [3.05, 3.63) is 60.4 Å². The van der Waals surface area contributed by atoms with Crippen LogP contribution in [-0.4, -0.2) is 34.1 Å². The Hall–Kier alpha value is -2.82. The first-order chi connectivity index (χ1) is 11.8. The number of nitrogens with zero attached hydrogens (tertiary/aromatic N) is 2. The second-order valence-corrected chi connectivity index (χ2v) is 6.11. The molecule has 122 valence electrons. The largest absolute Gasteiger partial charge is 0.415 e. The van der Waals surface area contributed by atoms with Crippen molar-refractivity contribution in [3.63, 3.8) is 0 Å². The number of nitrogens with one attached hydrogen (secondary N) is 1. The molecule has 1 aliphatic rings. The van der Waals surface area contributed by atoms with Crippen molar-refractivity contribution in [2.24, 2.45) is 0 Å². The molecule has 2 heterocycles. The molecule has 0 bridgehead atoms. The number of ether oxygens (including phenoxy) is 1. The molecule has 1 fully saturated rings. The zero-order valence-electron chi connectivity index (χ0n) is 13.3. The quantitative estimate of drug-likeness (QED) is 0.777. The van der Waals surface area contributed by atoms with E-state index in [9.17, 15) is 4.79 Å². The molecule has 0 saturated carbocycles. The predicted octanol–water partition coefficient (Wildman–Crippen LogP) is 3.94. The number of hydrogen-bond acceptors (Lipinski definition) is 3. The number of rotatable bonds is 2. The maximum atomic E-state index is 12.4. The summed E-state index contributed by atoms with van der Waals surface area (Å²) in [5.74, 6) is 1.75. The summed E-state index contributed by atoms with van der Waals surface area (Å²) in [6, 6.07) is 17.2. The van der Waals surface area contributed by atoms with E-state index < -0.39 is 0 Å². The lowest BCUT2D eigenvalue weighted by molar-refractivity contribution is 0.136. The van der Waals surface area contributed by atoms with E-state index in [4.69, 9.17) is 4.74 Å². The Labute approximate surface area is 140 Å². The van der Waals surface area contributed by atoms with Gasteiger partial charge in [0.2, 0.25) is 0 Å². The molecule has 1 atom stereocenters. The molecule has 3 aromatic rings. The first-order valence-corrected chi connectivity index (χ1v) is 8.26. The Morgan fingerprint density at radius 1 is 1.12 bits per heavy atom. The Morgan fingerprint density at radius 3 is 2.75 bits per heavy atom. The van der Waals surface area contributed by atoms with Crippen LogP contribution >= 0.6 is 0 Å². The first-order valence-electron chi connectivity index (χ1n) is 8.26. The zero-order chi connectivity index (χ0) is 16.4. The highest BCUT2D eigenvalue weighted by Gasteiger charge is 2.27. The lowest BCUT2D eigenvalue weighted by Crippen LogP contribution is -2.41. The first kappa shape index (κ1) is 14.8. The van der Waals surface area contributed by atoms with E-state index in [0.29, 0.717) is 12.3 Å². The minimum Gasteiger partial charge on any atom is -0.410 e. The SMILES string of the molecule is O=C(Oc1ccccc1)N1CCCC(c2nc3ccccc3[nH]2)C1. The van der Waals surface area contributed by atoms with Crippen LogP contribution in [0.2, 0.25) is 0 Å². The van der Waals surface area contributed by atoms with Gasteiger partial charge in [-0.1, -0.05) is 30.3 Å². The molecule has 4 rings (SSSR count). The molecule has 1 amide bonds. The van der Waals surface area contributed by atoms with E-state index in [-0.39, 0.29) is 12.0 Å². The van der Waals surface area contributed by atoms with Crippen molar-refractivity contribution in [2.45, 2.75) is 18.8 Å². The van der Waals surface area contributed by atoms with Crippen molar-refractivity contribution < 1.29 is 9.53 Å². The highest BCUT2D eigenvalue weighted by molar-refractivity contribution is 5.75. The van der Waals surface area contributed by atoms with Crippen molar-refractivity contribution in [1.29, 1.82) is 0 Å². The Balaban J connectivity index is 1.48. The lowest BCUT2D eigenvalue weighted by atomic mass is 9.98. The number of fused-ring (bicyclic) bond motifs is 1. The summed E-state index contributed by atoms with van der Waals surface area (Å²) in [6.45, 7) is 1.36. The van der Waals surface area contributed by atoms with Gasteiger partial charge in [-0.15, -0.1) is 0 Å². The van der Waals surface area contributed by atoms with Crippen LogP contribution < -0.4 is 4.74 Å². The van der Waals surface area contributed by atoms with Crippen LogP contribution in [0.1, 0.15) is 24.6 Å². The number of carbonyl (C=O) groups is 1.